The molecule has 1 nitrogen and oxygen atoms in total. The Balaban J connectivity index is 2.30. The molecule has 60 valence electrons. The van der Waals surface area contributed by atoms with Crippen LogP contribution in [0.25, 0.3) is 0 Å². The summed E-state index contributed by atoms with van der Waals surface area (Å²) in [7, 11) is 4.70. The van der Waals surface area contributed by atoms with Crippen molar-refractivity contribution in [3.63, 3.8) is 0 Å². The van der Waals surface area contributed by atoms with Gasteiger partial charge in [-0.25, -0.2) is 0 Å². The molecule has 10 heavy (non-hydrogen) atoms. The number of nitrogens with zero attached hydrogens (tertiary/aromatic N) is 1. The third-order valence-corrected chi connectivity index (χ3v) is 2.53. The molecule has 0 amide bonds. The molecule has 1 heteroatoms. The molecule has 0 unspecified atom stereocenters. The smallest absolute Gasteiger partial charge is 0.0782 e. The summed E-state index contributed by atoms with van der Waals surface area (Å²) < 4.78 is 1.25. The van der Waals surface area contributed by atoms with Crippen LogP contribution in [0.5, 0.6) is 0 Å². The molecule has 0 aromatic carbocycles. The van der Waals surface area contributed by atoms with Crippen molar-refractivity contribution in [1.29, 1.82) is 0 Å². The molecule has 0 saturated carbocycles. The molecule has 0 aromatic heterocycles. The summed E-state index contributed by atoms with van der Waals surface area (Å²) in [5.41, 5.74) is 0. The van der Waals surface area contributed by atoms with E-state index in [9.17, 15) is 0 Å². The van der Waals surface area contributed by atoms with Crippen LogP contribution >= 0.6 is 0 Å². The van der Waals surface area contributed by atoms with Crippen LogP contribution in [0, 0.1) is 0 Å². The Morgan fingerprint density at radius 1 is 0.700 bits per heavy atom. The minimum Gasteiger partial charge on any atom is -0.328 e. The zero-order valence-corrected chi connectivity index (χ0v) is 7.40. The van der Waals surface area contributed by atoms with E-state index < -0.39 is 0 Å². The van der Waals surface area contributed by atoms with Crippen molar-refractivity contribution in [1.82, 2.24) is 0 Å². The third-order valence-electron chi connectivity index (χ3n) is 2.53. The fraction of sp³-hybridized carbons (Fsp3) is 1.00. The van der Waals surface area contributed by atoms with E-state index in [1.54, 1.807) is 0 Å². The Morgan fingerprint density at radius 3 is 1.60 bits per heavy atom. The van der Waals surface area contributed by atoms with Gasteiger partial charge in [0.05, 0.1) is 27.2 Å². The molecule has 1 aliphatic heterocycles. The largest absolute Gasteiger partial charge is 0.328 e. The third kappa shape index (κ3) is 2.70. The quantitative estimate of drug-likeness (QED) is 0.454. The molecule has 1 rings (SSSR count). The highest BCUT2D eigenvalue weighted by Crippen LogP contribution is 2.13. The summed E-state index contributed by atoms with van der Waals surface area (Å²) in [5.74, 6) is 0. The van der Waals surface area contributed by atoms with Crippen LogP contribution < -0.4 is 0 Å². The second kappa shape index (κ2) is 3.38. The van der Waals surface area contributed by atoms with Crippen molar-refractivity contribution in [3.8, 4) is 0 Å². The van der Waals surface area contributed by atoms with Gasteiger partial charge in [-0.2, -0.15) is 0 Å². The summed E-state index contributed by atoms with van der Waals surface area (Å²) in [5, 5.41) is 0. The van der Waals surface area contributed by atoms with E-state index in [0.717, 1.165) is 0 Å². The Hall–Kier alpha value is -0.0400. The lowest BCUT2D eigenvalue weighted by molar-refractivity contribution is -0.891. The fourth-order valence-corrected chi connectivity index (χ4v) is 1.72. The Labute approximate surface area is 64.6 Å². The molecule has 1 saturated heterocycles. The predicted octanol–water partition coefficient (Wildman–Crippen LogP) is 2.03. The molecule has 0 aromatic rings. The Morgan fingerprint density at radius 2 is 1.10 bits per heavy atom. The van der Waals surface area contributed by atoms with Crippen LogP contribution in [0.2, 0.25) is 0 Å². The minimum absolute atomic E-state index is 1.25. The molecule has 0 bridgehead atoms. The maximum Gasteiger partial charge on any atom is 0.0782 e. The van der Waals surface area contributed by atoms with Crippen LogP contribution in [-0.2, 0) is 0 Å². The van der Waals surface area contributed by atoms with Crippen molar-refractivity contribution in [2.75, 3.05) is 27.2 Å². The van der Waals surface area contributed by atoms with E-state index in [1.807, 2.05) is 0 Å². The molecule has 0 N–H and O–H groups in total. The number of quaternary nitrogens is 1. The lowest BCUT2D eigenvalue weighted by Crippen LogP contribution is -2.41. The van der Waals surface area contributed by atoms with Gasteiger partial charge >= 0.3 is 0 Å². The van der Waals surface area contributed by atoms with E-state index in [4.69, 9.17) is 0 Å². The maximum atomic E-state index is 2.35. The summed E-state index contributed by atoms with van der Waals surface area (Å²) >= 11 is 0. The van der Waals surface area contributed by atoms with Crippen molar-refractivity contribution >= 4 is 0 Å². The average molecular weight is 142 g/mol. The lowest BCUT2D eigenvalue weighted by atomic mass is 10.1. The summed E-state index contributed by atoms with van der Waals surface area (Å²) in [6.07, 6.45) is 7.27. The SMILES string of the molecule is C[N+]1(C)CCCCCCC1. The van der Waals surface area contributed by atoms with Crippen LogP contribution in [-0.4, -0.2) is 31.7 Å². The van der Waals surface area contributed by atoms with Crippen LogP contribution in [0.3, 0.4) is 0 Å². The van der Waals surface area contributed by atoms with Crippen LogP contribution in [0.1, 0.15) is 32.1 Å². The molecular weight excluding hydrogens is 122 g/mol. The van der Waals surface area contributed by atoms with Crippen molar-refractivity contribution in [2.24, 2.45) is 0 Å². The van der Waals surface area contributed by atoms with Gasteiger partial charge in [0.2, 0.25) is 0 Å². The van der Waals surface area contributed by atoms with Gasteiger partial charge in [-0.05, 0) is 25.7 Å². The van der Waals surface area contributed by atoms with Crippen molar-refractivity contribution in [3.05, 3.63) is 0 Å². The normalized spacial score (nSPS) is 27.0. The van der Waals surface area contributed by atoms with Gasteiger partial charge in [0, 0.05) is 0 Å². The van der Waals surface area contributed by atoms with Gasteiger partial charge in [0.1, 0.15) is 0 Å². The Bertz CT molecular complexity index is 86.9. The van der Waals surface area contributed by atoms with Crippen LogP contribution in [0.15, 0.2) is 0 Å². The van der Waals surface area contributed by atoms with Gasteiger partial charge in [0.25, 0.3) is 0 Å². The number of likely N-dealkylation sites (tertiary alicyclic amines) is 1. The number of rotatable bonds is 0. The van der Waals surface area contributed by atoms with E-state index in [2.05, 4.69) is 14.1 Å². The first-order valence-corrected chi connectivity index (χ1v) is 4.53. The van der Waals surface area contributed by atoms with Gasteiger partial charge in [-0.15, -0.1) is 0 Å². The summed E-state index contributed by atoms with van der Waals surface area (Å²) in [4.78, 5) is 0. The Kier molecular flexibility index (Phi) is 2.72. The van der Waals surface area contributed by atoms with Crippen LogP contribution in [0.4, 0.5) is 0 Å². The molecule has 1 heterocycles. The molecule has 0 atom stereocenters. The summed E-state index contributed by atoms with van der Waals surface area (Å²) in [6, 6.07) is 0. The molecule has 0 radical (unpaired) electrons. The monoisotopic (exact) mass is 142 g/mol. The van der Waals surface area contributed by atoms with E-state index >= 15 is 0 Å². The van der Waals surface area contributed by atoms with E-state index in [1.165, 1.54) is 49.7 Å². The molecular formula is C9H20N+. The molecule has 0 spiro atoms. The highest BCUT2D eigenvalue weighted by Gasteiger charge is 2.15. The van der Waals surface area contributed by atoms with Gasteiger partial charge in [-0.1, -0.05) is 6.42 Å². The van der Waals surface area contributed by atoms with Gasteiger partial charge < -0.3 is 4.48 Å². The molecule has 0 aliphatic carbocycles. The number of hydrogen-bond donors (Lipinski definition) is 0. The predicted molar refractivity (Wildman–Crippen MR) is 44.9 cm³/mol. The average Bonchev–Trinajstić information content (AvgIpc) is 1.81. The van der Waals surface area contributed by atoms with Gasteiger partial charge in [-0.3, -0.25) is 0 Å². The maximum absolute atomic E-state index is 2.35. The first kappa shape index (κ1) is 8.06. The highest BCUT2D eigenvalue weighted by atomic mass is 15.3. The zero-order chi connectivity index (χ0) is 7.45. The zero-order valence-electron chi connectivity index (χ0n) is 7.40. The van der Waals surface area contributed by atoms with Gasteiger partial charge in [0.15, 0.2) is 0 Å². The summed E-state index contributed by atoms with van der Waals surface area (Å²) in [6.45, 7) is 2.78. The number of hydrogen-bond acceptors (Lipinski definition) is 0. The minimum atomic E-state index is 1.25. The standard InChI is InChI=1S/C9H20N/c1-10(2)8-6-4-3-5-7-9-10/h3-9H2,1-2H3/q+1. The second-order valence-electron chi connectivity index (χ2n) is 4.15. The second-order valence-corrected chi connectivity index (χ2v) is 4.15. The fourth-order valence-electron chi connectivity index (χ4n) is 1.72. The van der Waals surface area contributed by atoms with E-state index in [-0.39, 0.29) is 0 Å². The van der Waals surface area contributed by atoms with E-state index in [0.29, 0.717) is 0 Å². The molecule has 1 aliphatic rings. The molecule has 1 fully saturated rings. The first-order chi connectivity index (χ1) is 4.71. The highest BCUT2D eigenvalue weighted by molar-refractivity contribution is 4.48. The van der Waals surface area contributed by atoms with Crippen molar-refractivity contribution < 1.29 is 4.48 Å². The topological polar surface area (TPSA) is 0 Å². The van der Waals surface area contributed by atoms with Crippen molar-refractivity contribution in [2.45, 2.75) is 32.1 Å². The first-order valence-electron chi connectivity index (χ1n) is 4.53. The lowest BCUT2D eigenvalue weighted by Gasteiger charge is -2.31.